The van der Waals surface area contributed by atoms with Gasteiger partial charge in [0.25, 0.3) is 0 Å². The summed E-state index contributed by atoms with van der Waals surface area (Å²) in [5.74, 6) is -3.53. The molecule has 1 aliphatic carbocycles. The highest BCUT2D eigenvalue weighted by molar-refractivity contribution is 5.82. The van der Waals surface area contributed by atoms with Crippen molar-refractivity contribution in [2.45, 2.75) is 37.3 Å². The van der Waals surface area contributed by atoms with E-state index < -0.39 is 29.9 Å². The van der Waals surface area contributed by atoms with E-state index in [4.69, 9.17) is 9.47 Å². The first-order valence-electron chi connectivity index (χ1n) is 5.50. The van der Waals surface area contributed by atoms with Crippen molar-refractivity contribution in [3.8, 4) is 0 Å². The van der Waals surface area contributed by atoms with Crippen LogP contribution in [0.15, 0.2) is 25.3 Å². The molecule has 3 unspecified atom stereocenters. The minimum atomic E-state index is -1.94. The Bertz CT molecular complexity index is 364. The van der Waals surface area contributed by atoms with Crippen molar-refractivity contribution in [2.24, 2.45) is 0 Å². The van der Waals surface area contributed by atoms with E-state index in [0.29, 0.717) is 0 Å². The second-order valence-electron chi connectivity index (χ2n) is 4.03. The number of aliphatic hydroxyl groups is 2. The zero-order chi connectivity index (χ0) is 13.8. The molecule has 0 heterocycles. The monoisotopic (exact) mass is 256 g/mol. The largest absolute Gasteiger partial charge is 0.452 e. The van der Waals surface area contributed by atoms with Gasteiger partial charge < -0.3 is 19.7 Å². The summed E-state index contributed by atoms with van der Waals surface area (Å²) in [4.78, 5) is 22.3. The van der Waals surface area contributed by atoms with E-state index in [1.54, 1.807) is 0 Å². The Hall–Kier alpha value is -1.66. The lowest BCUT2D eigenvalue weighted by Gasteiger charge is -2.39. The van der Waals surface area contributed by atoms with Crippen LogP contribution in [0.3, 0.4) is 0 Å². The quantitative estimate of drug-likeness (QED) is 0.419. The van der Waals surface area contributed by atoms with Crippen molar-refractivity contribution in [2.75, 3.05) is 0 Å². The molecule has 0 saturated heterocycles. The van der Waals surface area contributed by atoms with Gasteiger partial charge in [0.2, 0.25) is 5.79 Å². The molecule has 1 fully saturated rings. The van der Waals surface area contributed by atoms with Gasteiger partial charge in [-0.25, -0.2) is 9.59 Å². The minimum Gasteiger partial charge on any atom is -0.452 e. The lowest BCUT2D eigenvalue weighted by Crippen LogP contribution is -2.53. The molecule has 2 N–H and O–H groups in total. The molecule has 0 aromatic heterocycles. The van der Waals surface area contributed by atoms with Gasteiger partial charge in [0.15, 0.2) is 6.10 Å². The Balaban J connectivity index is 2.83. The maximum absolute atomic E-state index is 11.1. The summed E-state index contributed by atoms with van der Waals surface area (Å²) in [5, 5.41) is 19.7. The number of carbonyl (C=O) groups excluding carboxylic acids is 2. The van der Waals surface area contributed by atoms with Crippen LogP contribution in [0.2, 0.25) is 0 Å². The summed E-state index contributed by atoms with van der Waals surface area (Å²) < 4.78 is 9.70. The molecule has 0 aliphatic heterocycles. The number of aliphatic hydroxyl groups excluding tert-OH is 1. The SMILES string of the molecule is C=CC(=O)OC1CC(O)CCC1(O)OC(=O)C=C. The van der Waals surface area contributed by atoms with E-state index in [1.807, 2.05) is 0 Å². The van der Waals surface area contributed by atoms with E-state index in [0.717, 1.165) is 12.2 Å². The zero-order valence-corrected chi connectivity index (χ0v) is 9.87. The Labute approximate surface area is 105 Å². The Morgan fingerprint density at radius 3 is 2.44 bits per heavy atom. The van der Waals surface area contributed by atoms with Crippen LogP contribution in [0.25, 0.3) is 0 Å². The van der Waals surface area contributed by atoms with Crippen LogP contribution in [0, 0.1) is 0 Å². The topological polar surface area (TPSA) is 93.1 Å². The standard InChI is InChI=1S/C12H16O6/c1-3-10(14)17-9-7-8(13)5-6-12(9,16)18-11(15)4-2/h3-4,8-9,13,16H,1-2,5-7H2. The minimum absolute atomic E-state index is 0.0134. The van der Waals surface area contributed by atoms with Gasteiger partial charge in [0, 0.05) is 25.0 Å². The zero-order valence-electron chi connectivity index (χ0n) is 9.87. The van der Waals surface area contributed by atoms with Gasteiger partial charge in [-0.1, -0.05) is 13.2 Å². The highest BCUT2D eigenvalue weighted by atomic mass is 16.7. The summed E-state index contributed by atoms with van der Waals surface area (Å²) in [6.45, 7) is 6.44. The molecule has 1 rings (SSSR count). The van der Waals surface area contributed by atoms with Gasteiger partial charge in [-0.15, -0.1) is 0 Å². The second kappa shape index (κ2) is 5.79. The maximum atomic E-state index is 11.1. The molecule has 100 valence electrons. The van der Waals surface area contributed by atoms with Crippen LogP contribution in [0.4, 0.5) is 0 Å². The first-order valence-corrected chi connectivity index (χ1v) is 5.50. The summed E-state index contributed by atoms with van der Waals surface area (Å²) in [7, 11) is 0. The molecule has 6 heteroatoms. The Morgan fingerprint density at radius 1 is 1.28 bits per heavy atom. The molecule has 0 amide bonds. The van der Waals surface area contributed by atoms with Gasteiger partial charge >= 0.3 is 11.9 Å². The third kappa shape index (κ3) is 3.41. The Morgan fingerprint density at radius 2 is 1.89 bits per heavy atom. The normalized spacial score (nSPS) is 31.2. The lowest BCUT2D eigenvalue weighted by atomic mass is 9.89. The summed E-state index contributed by atoms with van der Waals surface area (Å²) >= 11 is 0. The van der Waals surface area contributed by atoms with Crippen molar-refractivity contribution in [1.29, 1.82) is 0 Å². The molecule has 3 atom stereocenters. The van der Waals surface area contributed by atoms with Gasteiger partial charge in [-0.3, -0.25) is 0 Å². The molecule has 0 spiro atoms. The fourth-order valence-corrected chi connectivity index (χ4v) is 1.74. The third-order valence-electron chi connectivity index (χ3n) is 2.69. The average molecular weight is 256 g/mol. The summed E-state index contributed by atoms with van der Waals surface area (Å²) in [5.41, 5.74) is 0. The molecule has 0 bridgehead atoms. The Kier molecular flexibility index (Phi) is 4.63. The van der Waals surface area contributed by atoms with Crippen LogP contribution in [-0.4, -0.2) is 40.1 Å². The number of ether oxygens (including phenoxy) is 2. The van der Waals surface area contributed by atoms with Crippen molar-refractivity contribution < 1.29 is 29.3 Å². The highest BCUT2D eigenvalue weighted by Gasteiger charge is 2.47. The number of carbonyl (C=O) groups is 2. The first kappa shape index (κ1) is 14.4. The fraction of sp³-hybridized carbons (Fsp3) is 0.500. The van der Waals surface area contributed by atoms with Crippen LogP contribution >= 0.6 is 0 Å². The van der Waals surface area contributed by atoms with E-state index in [1.165, 1.54) is 0 Å². The van der Waals surface area contributed by atoms with Crippen molar-refractivity contribution in [1.82, 2.24) is 0 Å². The average Bonchev–Trinajstić information content (AvgIpc) is 2.34. The second-order valence-corrected chi connectivity index (χ2v) is 4.03. The van der Waals surface area contributed by atoms with E-state index >= 15 is 0 Å². The van der Waals surface area contributed by atoms with Crippen molar-refractivity contribution >= 4 is 11.9 Å². The molecule has 0 aromatic carbocycles. The van der Waals surface area contributed by atoms with Crippen molar-refractivity contribution in [3.63, 3.8) is 0 Å². The van der Waals surface area contributed by atoms with Crippen LogP contribution in [-0.2, 0) is 19.1 Å². The van der Waals surface area contributed by atoms with Gasteiger partial charge in [-0.2, -0.15) is 0 Å². The third-order valence-corrected chi connectivity index (χ3v) is 2.69. The molecule has 1 saturated carbocycles. The number of hydrogen-bond donors (Lipinski definition) is 2. The first-order chi connectivity index (χ1) is 8.41. The summed E-state index contributed by atoms with van der Waals surface area (Å²) in [6, 6.07) is 0. The van der Waals surface area contributed by atoms with Gasteiger partial charge in [-0.05, 0) is 6.42 Å². The lowest BCUT2D eigenvalue weighted by molar-refractivity contribution is -0.268. The van der Waals surface area contributed by atoms with Crippen LogP contribution in [0.1, 0.15) is 19.3 Å². The van der Waals surface area contributed by atoms with Crippen LogP contribution in [0.5, 0.6) is 0 Å². The molecule has 0 radical (unpaired) electrons. The molecule has 6 nitrogen and oxygen atoms in total. The number of rotatable bonds is 4. The predicted octanol–water partition coefficient (Wildman–Crippen LogP) is 0.0468. The predicted molar refractivity (Wildman–Crippen MR) is 61.2 cm³/mol. The maximum Gasteiger partial charge on any atom is 0.332 e. The van der Waals surface area contributed by atoms with Crippen LogP contribution < -0.4 is 0 Å². The van der Waals surface area contributed by atoms with Crippen molar-refractivity contribution in [3.05, 3.63) is 25.3 Å². The van der Waals surface area contributed by atoms with E-state index in [-0.39, 0.29) is 19.3 Å². The van der Waals surface area contributed by atoms with Gasteiger partial charge in [0.05, 0.1) is 6.10 Å². The van der Waals surface area contributed by atoms with Gasteiger partial charge in [0.1, 0.15) is 0 Å². The smallest absolute Gasteiger partial charge is 0.332 e. The highest BCUT2D eigenvalue weighted by Crippen LogP contribution is 2.32. The number of esters is 2. The molecule has 1 aliphatic rings. The molecular formula is C12H16O6. The molecule has 18 heavy (non-hydrogen) atoms. The molecule has 0 aromatic rings. The van der Waals surface area contributed by atoms with E-state index in [2.05, 4.69) is 13.2 Å². The van der Waals surface area contributed by atoms with E-state index in [9.17, 15) is 19.8 Å². The number of hydrogen-bond acceptors (Lipinski definition) is 6. The molecular weight excluding hydrogens is 240 g/mol. The fourth-order valence-electron chi connectivity index (χ4n) is 1.74. The summed E-state index contributed by atoms with van der Waals surface area (Å²) in [6.07, 6.45) is 0.171.